The molecule has 28 heavy (non-hydrogen) atoms. The van der Waals surface area contributed by atoms with Crippen LogP contribution >= 0.6 is 0 Å². The van der Waals surface area contributed by atoms with Gasteiger partial charge in [0.15, 0.2) is 0 Å². The van der Waals surface area contributed by atoms with E-state index in [0.717, 1.165) is 17.3 Å². The number of nitrogens with one attached hydrogen (secondary N) is 3. The van der Waals surface area contributed by atoms with Crippen LogP contribution in [-0.4, -0.2) is 41.6 Å². The molecule has 2 amide bonds. The van der Waals surface area contributed by atoms with Crippen molar-refractivity contribution in [2.45, 2.75) is 50.5 Å². The fraction of sp³-hybridized carbons (Fsp3) is 0.500. The van der Waals surface area contributed by atoms with Crippen LogP contribution in [0.2, 0.25) is 0 Å². The number of nitrogens with zero attached hydrogens (tertiary/aromatic N) is 1. The minimum atomic E-state index is -4.46. The molecule has 2 heterocycles. The third-order valence-corrected chi connectivity index (χ3v) is 4.92. The lowest BCUT2D eigenvalue weighted by molar-refractivity contribution is -0.129. The summed E-state index contributed by atoms with van der Waals surface area (Å²) in [5.41, 5.74) is 6.64. The van der Waals surface area contributed by atoms with E-state index in [4.69, 9.17) is 5.73 Å². The molecule has 3 atom stereocenters. The number of hydrogen-bond donors (Lipinski definition) is 4. The van der Waals surface area contributed by atoms with E-state index in [2.05, 4.69) is 20.9 Å². The SMILES string of the molecule is CC(NC(=O)C1C=C(C(F)(F)F)CCN1)C(=O)NC1CCc2nc(N)ccc21. The first kappa shape index (κ1) is 20.1. The molecule has 0 aromatic carbocycles. The normalized spacial score (nSPS) is 22.8. The molecule has 1 aliphatic carbocycles. The van der Waals surface area contributed by atoms with E-state index in [9.17, 15) is 22.8 Å². The number of hydrogen-bond acceptors (Lipinski definition) is 5. The fourth-order valence-electron chi connectivity index (χ4n) is 3.41. The minimum absolute atomic E-state index is 0.0407. The van der Waals surface area contributed by atoms with Gasteiger partial charge in [-0.1, -0.05) is 12.1 Å². The molecule has 3 rings (SSSR count). The lowest BCUT2D eigenvalue weighted by atomic mass is 10.0. The molecule has 0 bridgehead atoms. The summed E-state index contributed by atoms with van der Waals surface area (Å²) in [4.78, 5) is 28.9. The number of pyridine rings is 1. The molecule has 10 heteroatoms. The Hall–Kier alpha value is -2.62. The Balaban J connectivity index is 1.58. The van der Waals surface area contributed by atoms with Gasteiger partial charge in [0, 0.05) is 17.8 Å². The van der Waals surface area contributed by atoms with Crippen molar-refractivity contribution in [1.29, 1.82) is 0 Å². The Kier molecular flexibility index (Phi) is 5.59. The smallest absolute Gasteiger partial charge is 0.384 e. The van der Waals surface area contributed by atoms with Crippen LogP contribution in [0.25, 0.3) is 0 Å². The van der Waals surface area contributed by atoms with Crippen LogP contribution in [0.3, 0.4) is 0 Å². The van der Waals surface area contributed by atoms with Crippen molar-refractivity contribution in [3.05, 3.63) is 35.0 Å². The zero-order valence-electron chi connectivity index (χ0n) is 15.3. The predicted octanol–water partition coefficient (Wildman–Crippen LogP) is 1.12. The lowest BCUT2D eigenvalue weighted by Gasteiger charge is -2.25. The number of alkyl halides is 3. The van der Waals surface area contributed by atoms with E-state index < -0.39 is 35.6 Å². The highest BCUT2D eigenvalue weighted by Crippen LogP contribution is 2.31. The van der Waals surface area contributed by atoms with Gasteiger partial charge in [0.2, 0.25) is 11.8 Å². The molecule has 0 fully saturated rings. The van der Waals surface area contributed by atoms with Crippen molar-refractivity contribution >= 4 is 17.6 Å². The molecule has 7 nitrogen and oxygen atoms in total. The van der Waals surface area contributed by atoms with E-state index in [1.54, 1.807) is 6.07 Å². The highest BCUT2D eigenvalue weighted by atomic mass is 19.4. The fourth-order valence-corrected chi connectivity index (χ4v) is 3.41. The summed E-state index contributed by atoms with van der Waals surface area (Å²) in [5.74, 6) is -0.679. The van der Waals surface area contributed by atoms with Crippen LogP contribution in [0, 0.1) is 0 Å². The molecule has 1 aromatic heterocycles. The van der Waals surface area contributed by atoms with Gasteiger partial charge in [-0.3, -0.25) is 9.59 Å². The number of carbonyl (C=O) groups excluding carboxylic acids is 2. The zero-order valence-corrected chi connectivity index (χ0v) is 15.3. The van der Waals surface area contributed by atoms with Gasteiger partial charge in [-0.2, -0.15) is 13.2 Å². The average molecular weight is 397 g/mol. The Morgan fingerprint density at radius 3 is 2.79 bits per heavy atom. The van der Waals surface area contributed by atoms with Gasteiger partial charge in [0.05, 0.1) is 6.04 Å². The van der Waals surface area contributed by atoms with Crippen LogP contribution in [-0.2, 0) is 16.0 Å². The third kappa shape index (κ3) is 4.44. The van der Waals surface area contributed by atoms with E-state index in [1.165, 1.54) is 6.92 Å². The van der Waals surface area contributed by atoms with Crippen LogP contribution in [0.15, 0.2) is 23.8 Å². The second kappa shape index (κ2) is 7.78. The van der Waals surface area contributed by atoms with Crippen LogP contribution < -0.4 is 21.7 Å². The standard InChI is InChI=1S/C18H22F3N5O2/c1-9(24-17(28)14-8-10(6-7-23-14)18(19,20)21)16(27)26-13-4-3-12-11(13)2-5-15(22)25-12/h2,5,8-9,13-14,23H,3-4,6-7H2,1H3,(H2,22,25)(H,24,28)(H,26,27). The summed E-state index contributed by atoms with van der Waals surface area (Å²) < 4.78 is 38.5. The molecule has 5 N–H and O–H groups in total. The first-order valence-electron chi connectivity index (χ1n) is 9.02. The maximum atomic E-state index is 12.8. The summed E-state index contributed by atoms with van der Waals surface area (Å²) >= 11 is 0. The van der Waals surface area contributed by atoms with Crippen molar-refractivity contribution in [3.63, 3.8) is 0 Å². The van der Waals surface area contributed by atoms with Crippen molar-refractivity contribution in [3.8, 4) is 0 Å². The number of rotatable bonds is 4. The summed E-state index contributed by atoms with van der Waals surface area (Å²) in [7, 11) is 0. The van der Waals surface area contributed by atoms with Crippen molar-refractivity contribution in [2.24, 2.45) is 0 Å². The molecular weight excluding hydrogens is 375 g/mol. The average Bonchev–Trinajstić information content (AvgIpc) is 3.02. The highest BCUT2D eigenvalue weighted by molar-refractivity contribution is 5.90. The second-order valence-corrected chi connectivity index (χ2v) is 6.97. The van der Waals surface area contributed by atoms with E-state index >= 15 is 0 Å². The van der Waals surface area contributed by atoms with Crippen molar-refractivity contribution in [1.82, 2.24) is 20.9 Å². The second-order valence-electron chi connectivity index (χ2n) is 6.97. The summed E-state index contributed by atoms with van der Waals surface area (Å²) in [6.45, 7) is 1.53. The van der Waals surface area contributed by atoms with Crippen molar-refractivity contribution < 1.29 is 22.8 Å². The largest absolute Gasteiger partial charge is 0.412 e. The van der Waals surface area contributed by atoms with Gasteiger partial charge in [0.25, 0.3) is 0 Å². The third-order valence-electron chi connectivity index (χ3n) is 4.92. The number of nitrogen functional groups attached to an aromatic ring is 1. The van der Waals surface area contributed by atoms with Gasteiger partial charge in [-0.25, -0.2) is 4.98 Å². The quantitative estimate of drug-likeness (QED) is 0.570. The number of fused-ring (bicyclic) bond motifs is 1. The molecule has 0 radical (unpaired) electrons. The summed E-state index contributed by atoms with van der Waals surface area (Å²) in [5, 5.41) is 8.03. The maximum absolute atomic E-state index is 12.8. The maximum Gasteiger partial charge on any atom is 0.412 e. The molecule has 0 saturated heterocycles. The Labute approximate surface area is 160 Å². The highest BCUT2D eigenvalue weighted by Gasteiger charge is 2.37. The predicted molar refractivity (Wildman–Crippen MR) is 96.0 cm³/mol. The number of anilines is 1. The number of nitrogens with two attached hydrogens (primary N) is 1. The van der Waals surface area contributed by atoms with Gasteiger partial charge < -0.3 is 21.7 Å². The number of amides is 2. The van der Waals surface area contributed by atoms with Gasteiger partial charge >= 0.3 is 6.18 Å². The molecule has 152 valence electrons. The number of aromatic nitrogens is 1. The molecule has 3 unspecified atom stereocenters. The van der Waals surface area contributed by atoms with E-state index in [0.29, 0.717) is 18.7 Å². The summed E-state index contributed by atoms with van der Waals surface area (Å²) in [6, 6.07) is 1.21. The van der Waals surface area contributed by atoms with E-state index in [-0.39, 0.29) is 19.0 Å². The van der Waals surface area contributed by atoms with Crippen LogP contribution in [0.1, 0.15) is 37.1 Å². The molecule has 0 spiro atoms. The topological polar surface area (TPSA) is 109 Å². The molecule has 1 aliphatic heterocycles. The number of aryl methyl sites for hydroxylation is 1. The minimum Gasteiger partial charge on any atom is -0.384 e. The summed E-state index contributed by atoms with van der Waals surface area (Å²) in [6.07, 6.45) is -2.43. The first-order valence-corrected chi connectivity index (χ1v) is 9.02. The Morgan fingerprint density at radius 2 is 2.07 bits per heavy atom. The zero-order chi connectivity index (χ0) is 20.5. The van der Waals surface area contributed by atoms with Gasteiger partial charge in [-0.15, -0.1) is 0 Å². The van der Waals surface area contributed by atoms with E-state index in [1.807, 2.05) is 6.07 Å². The Morgan fingerprint density at radius 1 is 1.32 bits per heavy atom. The lowest BCUT2D eigenvalue weighted by Crippen LogP contribution is -2.52. The Bertz CT molecular complexity index is 809. The van der Waals surface area contributed by atoms with Crippen LogP contribution in [0.4, 0.5) is 19.0 Å². The number of halogens is 3. The van der Waals surface area contributed by atoms with Crippen LogP contribution in [0.5, 0.6) is 0 Å². The molecule has 2 aliphatic rings. The molecular formula is C18H22F3N5O2. The number of carbonyl (C=O) groups is 2. The van der Waals surface area contributed by atoms with Gasteiger partial charge in [0.1, 0.15) is 17.9 Å². The molecule has 0 saturated carbocycles. The molecule has 1 aromatic rings. The first-order chi connectivity index (χ1) is 13.1. The van der Waals surface area contributed by atoms with Gasteiger partial charge in [-0.05, 0) is 37.8 Å². The monoisotopic (exact) mass is 397 g/mol. The van der Waals surface area contributed by atoms with Crippen molar-refractivity contribution in [2.75, 3.05) is 12.3 Å².